The lowest BCUT2D eigenvalue weighted by Crippen LogP contribution is -2.27. The molecule has 0 saturated carbocycles. The summed E-state index contributed by atoms with van der Waals surface area (Å²) in [5.41, 5.74) is 4.34. The van der Waals surface area contributed by atoms with Crippen LogP contribution in [0.1, 0.15) is 16.8 Å². The molecule has 8 nitrogen and oxygen atoms in total. The Kier molecular flexibility index (Phi) is 5.43. The van der Waals surface area contributed by atoms with Crippen molar-refractivity contribution in [1.82, 2.24) is 4.57 Å². The van der Waals surface area contributed by atoms with E-state index in [0.717, 1.165) is 29.0 Å². The molecule has 0 radical (unpaired) electrons. The van der Waals surface area contributed by atoms with Gasteiger partial charge in [0, 0.05) is 41.7 Å². The molecule has 1 aromatic heterocycles. The first-order chi connectivity index (χ1) is 15.2. The third kappa shape index (κ3) is 3.82. The van der Waals surface area contributed by atoms with Crippen LogP contribution in [0.15, 0.2) is 41.3 Å². The fourth-order valence-electron chi connectivity index (χ4n) is 3.86. The summed E-state index contributed by atoms with van der Waals surface area (Å²) >= 11 is 0. The van der Waals surface area contributed by atoms with E-state index in [1.54, 1.807) is 4.90 Å². The van der Waals surface area contributed by atoms with E-state index in [0.29, 0.717) is 25.6 Å². The monoisotopic (exact) mass is 446 g/mol. The number of carbonyl (C=O) groups excluding carboxylic acids is 1. The molecule has 1 atom stereocenters. The fraction of sp³-hybridized carbons (Fsp3) is 0.238. The van der Waals surface area contributed by atoms with Crippen LogP contribution >= 0.6 is 0 Å². The molecule has 11 heteroatoms. The number of nitrogens with two attached hydrogens (primary N) is 1. The number of nitrogens with zero attached hydrogens (tertiary/aromatic N) is 3. The van der Waals surface area contributed by atoms with Gasteiger partial charge in [-0.25, -0.2) is 13.2 Å². The van der Waals surface area contributed by atoms with Crippen molar-refractivity contribution in [3.05, 3.63) is 79.9 Å². The molecule has 3 aromatic rings. The summed E-state index contributed by atoms with van der Waals surface area (Å²) in [6, 6.07) is 4.76. The quantitative estimate of drug-likeness (QED) is 0.366. The average Bonchev–Trinajstić information content (AvgIpc) is 3.14. The number of carbonyl (C=O) groups is 1. The zero-order chi connectivity index (χ0) is 23.2. The predicted molar refractivity (Wildman–Crippen MR) is 110 cm³/mol. The van der Waals surface area contributed by atoms with Crippen LogP contribution in [0.2, 0.25) is 0 Å². The molecule has 0 aliphatic carbocycles. The van der Waals surface area contributed by atoms with Gasteiger partial charge in [0.05, 0.1) is 22.5 Å². The van der Waals surface area contributed by atoms with E-state index < -0.39 is 45.7 Å². The van der Waals surface area contributed by atoms with E-state index in [1.807, 2.05) is 0 Å². The van der Waals surface area contributed by atoms with Crippen LogP contribution in [0.3, 0.4) is 0 Å². The molecule has 2 N–H and O–H groups in total. The van der Waals surface area contributed by atoms with Crippen LogP contribution in [0, 0.1) is 27.6 Å². The standard InChI is InChI=1S/C21H17F3N4O4/c22-11-1-2-17(15(23)5-11)27-9-14(20(29)10-28(31)32)21(30)13-6-16(24)19(7-18(13)27)26-4-3-12(25)8-26/h1-2,5-7,9,12H,3-4,8,10,25H2. The number of fused-ring (bicyclic) bond motifs is 1. The molecule has 2 aromatic carbocycles. The molecule has 1 fully saturated rings. The first-order valence-corrected chi connectivity index (χ1v) is 9.65. The van der Waals surface area contributed by atoms with Gasteiger partial charge in [0.1, 0.15) is 17.5 Å². The van der Waals surface area contributed by atoms with Gasteiger partial charge in [-0.3, -0.25) is 19.7 Å². The van der Waals surface area contributed by atoms with Gasteiger partial charge in [0.15, 0.2) is 0 Å². The Bertz CT molecular complexity index is 1320. The van der Waals surface area contributed by atoms with Gasteiger partial charge < -0.3 is 15.2 Å². The minimum Gasteiger partial charge on any atom is -0.367 e. The molecule has 2 heterocycles. The number of hydrogen-bond donors (Lipinski definition) is 1. The third-order valence-electron chi connectivity index (χ3n) is 5.38. The zero-order valence-electron chi connectivity index (χ0n) is 16.6. The Labute approximate surface area is 178 Å². The molecular weight excluding hydrogens is 429 g/mol. The van der Waals surface area contributed by atoms with Gasteiger partial charge in [-0.15, -0.1) is 0 Å². The molecule has 0 bridgehead atoms. The highest BCUT2D eigenvalue weighted by atomic mass is 19.1. The normalized spacial score (nSPS) is 16.0. The van der Waals surface area contributed by atoms with E-state index >= 15 is 0 Å². The number of hydrogen-bond acceptors (Lipinski definition) is 6. The number of halogens is 3. The maximum absolute atomic E-state index is 14.9. The lowest BCUT2D eigenvalue weighted by atomic mass is 10.1. The third-order valence-corrected chi connectivity index (χ3v) is 5.38. The van der Waals surface area contributed by atoms with E-state index in [1.165, 1.54) is 6.07 Å². The van der Waals surface area contributed by atoms with Crippen molar-refractivity contribution in [2.24, 2.45) is 5.73 Å². The van der Waals surface area contributed by atoms with E-state index in [-0.39, 0.29) is 28.3 Å². The highest BCUT2D eigenvalue weighted by Crippen LogP contribution is 2.29. The highest BCUT2D eigenvalue weighted by Gasteiger charge is 2.26. The van der Waals surface area contributed by atoms with Crippen molar-refractivity contribution in [3.63, 3.8) is 0 Å². The summed E-state index contributed by atoms with van der Waals surface area (Å²) < 4.78 is 44.1. The number of nitro groups is 1. The fourth-order valence-corrected chi connectivity index (χ4v) is 3.86. The molecule has 1 unspecified atom stereocenters. The molecular formula is C21H17F3N4O4. The Hall–Kier alpha value is -3.73. The number of ketones is 1. The van der Waals surface area contributed by atoms with Crippen molar-refractivity contribution in [2.75, 3.05) is 24.5 Å². The van der Waals surface area contributed by atoms with Crippen LogP contribution in [-0.2, 0) is 0 Å². The summed E-state index contributed by atoms with van der Waals surface area (Å²) in [7, 11) is 0. The maximum Gasteiger partial charge on any atom is 0.266 e. The van der Waals surface area contributed by atoms with E-state index in [2.05, 4.69) is 0 Å². The largest absolute Gasteiger partial charge is 0.367 e. The molecule has 0 spiro atoms. The number of aromatic nitrogens is 1. The van der Waals surface area contributed by atoms with Crippen LogP contribution in [-0.4, -0.2) is 40.9 Å². The van der Waals surface area contributed by atoms with Crippen LogP contribution in [0.25, 0.3) is 16.6 Å². The number of Topliss-reactive ketones (excluding diaryl/α,β-unsaturated/α-hetero) is 1. The number of pyridine rings is 1. The Morgan fingerprint density at radius 1 is 1.16 bits per heavy atom. The topological polar surface area (TPSA) is 111 Å². The van der Waals surface area contributed by atoms with Gasteiger partial charge in [-0.1, -0.05) is 0 Å². The average molecular weight is 446 g/mol. The summed E-state index contributed by atoms with van der Waals surface area (Å²) in [4.78, 5) is 36.8. The maximum atomic E-state index is 14.9. The van der Waals surface area contributed by atoms with Gasteiger partial charge >= 0.3 is 0 Å². The van der Waals surface area contributed by atoms with Gasteiger partial charge in [-0.2, -0.15) is 0 Å². The minimum atomic E-state index is -1.17. The summed E-state index contributed by atoms with van der Waals surface area (Å²) in [5.74, 6) is -3.72. The predicted octanol–water partition coefficient (Wildman–Crippen LogP) is 2.40. The summed E-state index contributed by atoms with van der Waals surface area (Å²) in [6.07, 6.45) is 1.59. The molecule has 1 saturated heterocycles. The molecule has 0 amide bonds. The summed E-state index contributed by atoms with van der Waals surface area (Å²) in [5, 5.41) is 10.5. The minimum absolute atomic E-state index is 0.0510. The van der Waals surface area contributed by atoms with Gasteiger partial charge in [0.25, 0.3) is 6.54 Å². The first kappa shape index (κ1) is 21.5. The van der Waals surface area contributed by atoms with E-state index in [4.69, 9.17) is 5.73 Å². The van der Waals surface area contributed by atoms with Crippen LogP contribution in [0.4, 0.5) is 18.9 Å². The molecule has 4 rings (SSSR count). The van der Waals surface area contributed by atoms with Crippen molar-refractivity contribution < 1.29 is 22.9 Å². The SMILES string of the molecule is NC1CCN(c2cc3c(cc2F)c(=O)c(C(=O)C[N+](=O)[O-])cn3-c2ccc(F)cc2F)C1. The van der Waals surface area contributed by atoms with Crippen molar-refractivity contribution >= 4 is 22.4 Å². The molecule has 1 aliphatic rings. The lowest BCUT2D eigenvalue weighted by molar-refractivity contribution is -0.465. The second-order valence-electron chi connectivity index (χ2n) is 7.57. The number of anilines is 1. The van der Waals surface area contributed by atoms with Gasteiger partial charge in [0.2, 0.25) is 11.2 Å². The van der Waals surface area contributed by atoms with Gasteiger partial charge in [-0.05, 0) is 30.7 Å². The Morgan fingerprint density at radius 2 is 1.88 bits per heavy atom. The van der Waals surface area contributed by atoms with Crippen LogP contribution < -0.4 is 16.1 Å². The van der Waals surface area contributed by atoms with Crippen molar-refractivity contribution in [3.8, 4) is 5.69 Å². The summed E-state index contributed by atoms with van der Waals surface area (Å²) in [6.45, 7) is -0.325. The molecule has 1 aliphatic heterocycles. The van der Waals surface area contributed by atoms with Crippen molar-refractivity contribution in [1.29, 1.82) is 0 Å². The lowest BCUT2D eigenvalue weighted by Gasteiger charge is -2.21. The van der Waals surface area contributed by atoms with Crippen molar-refractivity contribution in [2.45, 2.75) is 12.5 Å². The molecule has 166 valence electrons. The highest BCUT2D eigenvalue weighted by molar-refractivity contribution is 6.00. The number of benzene rings is 2. The Balaban J connectivity index is 2.02. The van der Waals surface area contributed by atoms with Crippen LogP contribution in [0.5, 0.6) is 0 Å². The van der Waals surface area contributed by atoms with E-state index in [9.17, 15) is 32.9 Å². The zero-order valence-corrected chi connectivity index (χ0v) is 16.6. The number of rotatable bonds is 5. The first-order valence-electron chi connectivity index (χ1n) is 9.65. The second-order valence-corrected chi connectivity index (χ2v) is 7.57. The molecule has 32 heavy (non-hydrogen) atoms. The smallest absolute Gasteiger partial charge is 0.266 e. The Morgan fingerprint density at radius 3 is 2.50 bits per heavy atom. The second kappa shape index (κ2) is 8.08.